The normalized spacial score (nSPS) is 11.2. The summed E-state index contributed by atoms with van der Waals surface area (Å²) in [5.74, 6) is -1.65. The molecule has 5 aromatic rings. The molecular weight excluding hydrogens is 545 g/mol. The molecular formula is C29H28FN7O5. The summed E-state index contributed by atoms with van der Waals surface area (Å²) >= 11 is 0. The van der Waals surface area contributed by atoms with E-state index in [2.05, 4.69) is 25.6 Å². The standard InChI is InChI=1S/C20H19FN6O2.C9H9NO3/c21-17-9-14(18-5-7-24-25-18)10-23-20(17)29-16-3-1-13(2-4-16)19-6-8-27(26-19)11-15(22)12-28;11-8(12)6-10-9(13)7-4-2-1-3-5-7/h1-10,15,28H,11-12,22H2,(H,24,25);1-5H,6H2,(H,10,13)(H,11,12)/t15-;/m0./s1. The van der Waals surface area contributed by atoms with Gasteiger partial charge < -0.3 is 26.0 Å². The number of carbonyl (C=O) groups excluding carboxylic acids is 1. The molecule has 42 heavy (non-hydrogen) atoms. The molecule has 1 amide bonds. The molecule has 0 aliphatic heterocycles. The minimum Gasteiger partial charge on any atom is -0.480 e. The number of aliphatic hydroxyl groups is 1. The zero-order valence-electron chi connectivity index (χ0n) is 22.2. The van der Waals surface area contributed by atoms with Gasteiger partial charge in [0.1, 0.15) is 12.3 Å². The van der Waals surface area contributed by atoms with Crippen molar-refractivity contribution in [1.29, 1.82) is 0 Å². The molecule has 0 saturated carbocycles. The molecule has 0 aliphatic rings. The van der Waals surface area contributed by atoms with Crippen LogP contribution in [0.3, 0.4) is 0 Å². The summed E-state index contributed by atoms with van der Waals surface area (Å²) in [4.78, 5) is 25.4. The number of rotatable bonds is 10. The number of aliphatic carboxylic acids is 1. The second-order valence-electron chi connectivity index (χ2n) is 8.92. The predicted molar refractivity (Wildman–Crippen MR) is 151 cm³/mol. The van der Waals surface area contributed by atoms with Crippen LogP contribution in [0.2, 0.25) is 0 Å². The molecule has 13 heteroatoms. The summed E-state index contributed by atoms with van der Waals surface area (Å²) < 4.78 is 21.6. The zero-order valence-corrected chi connectivity index (χ0v) is 22.2. The first kappa shape index (κ1) is 29.6. The number of amides is 1. The van der Waals surface area contributed by atoms with Gasteiger partial charge in [0.15, 0.2) is 5.82 Å². The van der Waals surface area contributed by atoms with Gasteiger partial charge in [-0.05, 0) is 54.6 Å². The van der Waals surface area contributed by atoms with Crippen LogP contribution in [0, 0.1) is 5.82 Å². The van der Waals surface area contributed by atoms with Crippen molar-refractivity contribution in [2.45, 2.75) is 12.6 Å². The Kier molecular flexibility index (Phi) is 10.1. The summed E-state index contributed by atoms with van der Waals surface area (Å²) in [6.07, 6.45) is 4.91. The summed E-state index contributed by atoms with van der Waals surface area (Å²) in [5.41, 5.74) is 9.07. The molecule has 3 heterocycles. The van der Waals surface area contributed by atoms with Crippen LogP contribution in [0.4, 0.5) is 4.39 Å². The SMILES string of the molecule is N[C@H](CO)Cn1ccc(-c2ccc(Oc3ncc(-c4ccn[nH]4)cc3F)cc2)n1.O=C(O)CNC(=O)c1ccccc1. The predicted octanol–water partition coefficient (Wildman–Crippen LogP) is 3.09. The molecule has 6 N–H and O–H groups in total. The Morgan fingerprint density at radius 1 is 1.07 bits per heavy atom. The number of benzene rings is 2. The fourth-order valence-corrected chi connectivity index (χ4v) is 3.63. The van der Waals surface area contributed by atoms with Gasteiger partial charge in [0.05, 0.1) is 24.5 Å². The number of hydrogen-bond donors (Lipinski definition) is 5. The first-order chi connectivity index (χ1) is 20.3. The van der Waals surface area contributed by atoms with E-state index < -0.39 is 11.8 Å². The van der Waals surface area contributed by atoms with Gasteiger partial charge in [-0.2, -0.15) is 10.2 Å². The van der Waals surface area contributed by atoms with E-state index in [1.54, 1.807) is 65.6 Å². The van der Waals surface area contributed by atoms with Crippen LogP contribution >= 0.6 is 0 Å². The fourth-order valence-electron chi connectivity index (χ4n) is 3.63. The number of carboxylic acids is 1. The second-order valence-corrected chi connectivity index (χ2v) is 8.92. The Morgan fingerprint density at radius 3 is 2.48 bits per heavy atom. The topological polar surface area (TPSA) is 181 Å². The number of nitrogens with one attached hydrogen (secondary N) is 2. The van der Waals surface area contributed by atoms with Gasteiger partial charge in [0.25, 0.3) is 11.8 Å². The van der Waals surface area contributed by atoms with Gasteiger partial charge in [-0.3, -0.25) is 19.4 Å². The average Bonchev–Trinajstić information content (AvgIpc) is 3.71. The molecule has 3 aromatic heterocycles. The number of aromatic nitrogens is 5. The lowest BCUT2D eigenvalue weighted by Crippen LogP contribution is -2.30. The first-order valence-electron chi connectivity index (χ1n) is 12.7. The molecule has 0 aliphatic carbocycles. The lowest BCUT2D eigenvalue weighted by atomic mass is 10.1. The molecule has 0 spiro atoms. The third kappa shape index (κ3) is 8.30. The summed E-state index contributed by atoms with van der Waals surface area (Å²) in [5, 5.41) is 30.6. The van der Waals surface area contributed by atoms with E-state index in [1.165, 1.54) is 12.3 Å². The number of nitrogens with two attached hydrogens (primary N) is 1. The van der Waals surface area contributed by atoms with Gasteiger partial charge in [-0.25, -0.2) is 9.37 Å². The quantitative estimate of drug-likeness (QED) is 0.168. The number of hydrogen-bond acceptors (Lipinski definition) is 8. The van der Waals surface area contributed by atoms with Gasteiger partial charge in [0.2, 0.25) is 0 Å². The van der Waals surface area contributed by atoms with E-state index in [0.29, 0.717) is 29.1 Å². The van der Waals surface area contributed by atoms with Crippen LogP contribution < -0.4 is 15.8 Å². The van der Waals surface area contributed by atoms with Crippen LogP contribution in [-0.4, -0.2) is 66.2 Å². The van der Waals surface area contributed by atoms with Crippen molar-refractivity contribution in [3.8, 4) is 34.1 Å². The molecule has 5 rings (SSSR count). The molecule has 0 unspecified atom stereocenters. The monoisotopic (exact) mass is 573 g/mol. The maximum Gasteiger partial charge on any atom is 0.322 e. The van der Waals surface area contributed by atoms with Crippen molar-refractivity contribution < 1.29 is 28.9 Å². The number of halogens is 1. The van der Waals surface area contributed by atoms with E-state index in [4.69, 9.17) is 20.7 Å². The van der Waals surface area contributed by atoms with Gasteiger partial charge in [-0.15, -0.1) is 0 Å². The number of carboxylic acid groups (broad SMARTS) is 1. The highest BCUT2D eigenvalue weighted by Gasteiger charge is 2.11. The molecule has 0 radical (unpaired) electrons. The van der Waals surface area contributed by atoms with Crippen LogP contribution in [0.5, 0.6) is 11.6 Å². The fraction of sp³-hybridized carbons (Fsp3) is 0.138. The number of ether oxygens (including phenoxy) is 1. The summed E-state index contributed by atoms with van der Waals surface area (Å²) in [7, 11) is 0. The molecule has 2 aromatic carbocycles. The molecule has 0 bridgehead atoms. The highest BCUT2D eigenvalue weighted by Crippen LogP contribution is 2.27. The number of nitrogens with zero attached hydrogens (tertiary/aromatic N) is 4. The van der Waals surface area contributed by atoms with E-state index >= 15 is 0 Å². The highest BCUT2D eigenvalue weighted by atomic mass is 19.1. The maximum atomic E-state index is 14.3. The van der Waals surface area contributed by atoms with Crippen molar-refractivity contribution in [2.24, 2.45) is 5.73 Å². The molecule has 0 fully saturated rings. The minimum absolute atomic E-state index is 0.102. The molecule has 0 saturated heterocycles. The van der Waals surface area contributed by atoms with Crippen molar-refractivity contribution in [2.75, 3.05) is 13.2 Å². The lowest BCUT2D eigenvalue weighted by molar-refractivity contribution is -0.135. The number of carbonyl (C=O) groups is 2. The smallest absolute Gasteiger partial charge is 0.322 e. The van der Waals surface area contributed by atoms with E-state index in [1.807, 2.05) is 18.2 Å². The van der Waals surface area contributed by atoms with Crippen molar-refractivity contribution >= 4 is 11.9 Å². The summed E-state index contributed by atoms with van der Waals surface area (Å²) in [6, 6.07) is 20.1. The van der Waals surface area contributed by atoms with E-state index in [0.717, 1.165) is 11.3 Å². The lowest BCUT2D eigenvalue weighted by Gasteiger charge is -2.08. The largest absolute Gasteiger partial charge is 0.480 e. The third-order valence-corrected chi connectivity index (χ3v) is 5.72. The molecule has 216 valence electrons. The maximum absolute atomic E-state index is 14.3. The summed E-state index contributed by atoms with van der Waals surface area (Å²) in [6.45, 7) is -0.0282. The number of aliphatic hydroxyl groups excluding tert-OH is 1. The Balaban J connectivity index is 0.000000262. The van der Waals surface area contributed by atoms with Crippen LogP contribution in [-0.2, 0) is 11.3 Å². The Labute approximate surface area is 239 Å². The minimum atomic E-state index is -1.05. The van der Waals surface area contributed by atoms with Crippen molar-refractivity contribution in [1.82, 2.24) is 30.3 Å². The zero-order chi connectivity index (χ0) is 29.9. The number of pyridine rings is 1. The van der Waals surface area contributed by atoms with Crippen molar-refractivity contribution in [3.63, 3.8) is 0 Å². The van der Waals surface area contributed by atoms with Crippen LogP contribution in [0.25, 0.3) is 22.5 Å². The first-order valence-corrected chi connectivity index (χ1v) is 12.7. The van der Waals surface area contributed by atoms with Gasteiger partial charge >= 0.3 is 5.97 Å². The number of aromatic amines is 1. The Hall–Kier alpha value is -5.40. The number of H-pyrrole nitrogens is 1. The second kappa shape index (κ2) is 14.3. The van der Waals surface area contributed by atoms with Crippen LogP contribution in [0.15, 0.2) is 91.4 Å². The molecule has 12 nitrogen and oxygen atoms in total. The molecule has 1 atom stereocenters. The Bertz CT molecular complexity index is 1590. The Morgan fingerprint density at radius 2 is 1.83 bits per heavy atom. The van der Waals surface area contributed by atoms with E-state index in [-0.39, 0.29) is 31.0 Å². The highest BCUT2D eigenvalue weighted by molar-refractivity contribution is 5.95. The van der Waals surface area contributed by atoms with Crippen LogP contribution in [0.1, 0.15) is 10.4 Å². The van der Waals surface area contributed by atoms with Crippen molar-refractivity contribution in [3.05, 3.63) is 103 Å². The van der Waals surface area contributed by atoms with Gasteiger partial charge in [-0.1, -0.05) is 18.2 Å². The van der Waals surface area contributed by atoms with Gasteiger partial charge in [0, 0.05) is 41.3 Å². The average molecular weight is 574 g/mol. The third-order valence-electron chi connectivity index (χ3n) is 5.72. The van der Waals surface area contributed by atoms with E-state index in [9.17, 15) is 14.0 Å².